The Kier molecular flexibility index (Phi) is 8.99. The average Bonchev–Trinajstić information content (AvgIpc) is 3.50. The van der Waals surface area contributed by atoms with Crippen molar-refractivity contribution in [2.75, 3.05) is 31.1 Å². The molecular formula is C30H44N4O5. The summed E-state index contributed by atoms with van der Waals surface area (Å²) in [6.45, 7) is 10.1. The molecule has 9 heteroatoms. The van der Waals surface area contributed by atoms with E-state index in [0.29, 0.717) is 37.8 Å². The maximum absolute atomic E-state index is 13.8. The van der Waals surface area contributed by atoms with Gasteiger partial charge in [0.2, 0.25) is 5.91 Å². The summed E-state index contributed by atoms with van der Waals surface area (Å²) in [6.07, 6.45) is 4.32. The van der Waals surface area contributed by atoms with Gasteiger partial charge in [-0.15, -0.1) is 0 Å². The van der Waals surface area contributed by atoms with E-state index in [4.69, 9.17) is 0 Å². The van der Waals surface area contributed by atoms with Crippen LogP contribution in [0.25, 0.3) is 0 Å². The van der Waals surface area contributed by atoms with Crippen molar-refractivity contribution >= 4 is 29.2 Å². The Balaban J connectivity index is 1.47. The van der Waals surface area contributed by atoms with Gasteiger partial charge in [-0.1, -0.05) is 33.1 Å². The molecule has 2 heterocycles. The minimum absolute atomic E-state index is 0.0830. The third-order valence-corrected chi connectivity index (χ3v) is 8.61. The fourth-order valence-corrected chi connectivity index (χ4v) is 6.50. The molecule has 3 fully saturated rings. The number of aliphatic hydroxyl groups is 1. The molecule has 0 bridgehead atoms. The summed E-state index contributed by atoms with van der Waals surface area (Å²) in [7, 11) is 0. The van der Waals surface area contributed by atoms with Gasteiger partial charge in [-0.25, -0.2) is 0 Å². The molecule has 3 aliphatic rings. The van der Waals surface area contributed by atoms with Crippen molar-refractivity contribution in [2.45, 2.75) is 96.4 Å². The summed E-state index contributed by atoms with van der Waals surface area (Å²) in [5, 5.41) is 13.9. The van der Waals surface area contributed by atoms with Crippen LogP contribution in [0.15, 0.2) is 24.3 Å². The van der Waals surface area contributed by atoms with Crippen LogP contribution in [0.1, 0.15) is 83.0 Å². The maximum atomic E-state index is 13.8. The number of ketones is 1. The number of carbonyl (C=O) groups is 4. The van der Waals surface area contributed by atoms with E-state index in [1.165, 1.54) is 4.90 Å². The SMILES string of the molecule is CCN(CC)c1ccc(C(=O)NC(CC(C)C)C(=O)N2CCC3C2C(=O)CN3C(=O)C2(O)CCCCC2)cc1. The van der Waals surface area contributed by atoms with Crippen LogP contribution in [0.3, 0.4) is 0 Å². The summed E-state index contributed by atoms with van der Waals surface area (Å²) in [5.41, 5.74) is 0.0900. The normalized spacial score (nSPS) is 23.1. The molecule has 1 aliphatic carbocycles. The quantitative estimate of drug-likeness (QED) is 0.499. The minimum Gasteiger partial charge on any atom is -0.380 e. The van der Waals surface area contributed by atoms with Crippen molar-refractivity contribution in [3.05, 3.63) is 29.8 Å². The van der Waals surface area contributed by atoms with E-state index < -0.39 is 23.7 Å². The molecule has 3 unspecified atom stereocenters. The fraction of sp³-hybridized carbons (Fsp3) is 0.667. The van der Waals surface area contributed by atoms with E-state index >= 15 is 0 Å². The number of fused-ring (bicyclic) bond motifs is 1. The van der Waals surface area contributed by atoms with Crippen LogP contribution in [0.5, 0.6) is 0 Å². The second-order valence-corrected chi connectivity index (χ2v) is 11.7. The molecule has 1 aromatic rings. The molecule has 0 radical (unpaired) electrons. The largest absolute Gasteiger partial charge is 0.380 e. The predicted octanol–water partition coefficient (Wildman–Crippen LogP) is 2.75. The first kappa shape index (κ1) is 29.1. The van der Waals surface area contributed by atoms with Gasteiger partial charge in [0.05, 0.1) is 12.6 Å². The van der Waals surface area contributed by atoms with Crippen molar-refractivity contribution < 1.29 is 24.3 Å². The predicted molar refractivity (Wildman–Crippen MR) is 149 cm³/mol. The Bertz CT molecular complexity index is 1060. The number of anilines is 1. The Labute approximate surface area is 231 Å². The highest BCUT2D eigenvalue weighted by atomic mass is 16.3. The average molecular weight is 541 g/mol. The molecule has 2 N–H and O–H groups in total. The molecule has 3 amide bonds. The van der Waals surface area contributed by atoms with Crippen LogP contribution >= 0.6 is 0 Å². The van der Waals surface area contributed by atoms with E-state index in [1.54, 1.807) is 17.0 Å². The summed E-state index contributed by atoms with van der Waals surface area (Å²) < 4.78 is 0. The first-order valence-corrected chi connectivity index (χ1v) is 14.6. The van der Waals surface area contributed by atoms with E-state index in [1.807, 2.05) is 26.0 Å². The highest BCUT2D eigenvalue weighted by molar-refractivity contribution is 6.01. The molecule has 1 aromatic carbocycles. The summed E-state index contributed by atoms with van der Waals surface area (Å²) in [5.74, 6) is -1.04. The standard InChI is InChI=1S/C30H44N4O5/c1-5-32(6-2)22-12-10-21(11-13-22)27(36)31-23(18-20(3)4)28(37)33-17-14-24-26(33)25(35)19-34(24)29(38)30(39)15-8-7-9-16-30/h10-13,20,23-24,26,39H,5-9,14-19H2,1-4H3,(H,31,36). The van der Waals surface area contributed by atoms with Crippen molar-refractivity contribution in [2.24, 2.45) is 5.92 Å². The topological polar surface area (TPSA) is 110 Å². The maximum Gasteiger partial charge on any atom is 0.255 e. The molecule has 9 nitrogen and oxygen atoms in total. The van der Waals surface area contributed by atoms with Gasteiger partial charge in [0.1, 0.15) is 17.7 Å². The number of likely N-dealkylation sites (tertiary alicyclic amines) is 2. The molecular weight excluding hydrogens is 496 g/mol. The Morgan fingerprint density at radius 2 is 1.69 bits per heavy atom. The van der Waals surface area contributed by atoms with Crippen LogP contribution in [-0.4, -0.2) is 88.3 Å². The van der Waals surface area contributed by atoms with Crippen LogP contribution in [-0.2, 0) is 14.4 Å². The zero-order valence-electron chi connectivity index (χ0n) is 23.8. The summed E-state index contributed by atoms with van der Waals surface area (Å²) in [6, 6.07) is 5.43. The molecule has 0 aromatic heterocycles. The second-order valence-electron chi connectivity index (χ2n) is 11.7. The van der Waals surface area contributed by atoms with Gasteiger partial charge in [0.25, 0.3) is 11.8 Å². The Morgan fingerprint density at radius 3 is 2.28 bits per heavy atom. The van der Waals surface area contributed by atoms with Gasteiger partial charge in [0, 0.05) is 30.9 Å². The first-order valence-electron chi connectivity index (χ1n) is 14.6. The van der Waals surface area contributed by atoms with Gasteiger partial charge in [-0.05, 0) is 69.7 Å². The van der Waals surface area contributed by atoms with Crippen LogP contribution in [0.4, 0.5) is 5.69 Å². The van der Waals surface area contributed by atoms with Crippen molar-refractivity contribution in [1.29, 1.82) is 0 Å². The lowest BCUT2D eigenvalue weighted by molar-refractivity contribution is -0.156. The van der Waals surface area contributed by atoms with Crippen LogP contribution in [0.2, 0.25) is 0 Å². The fourth-order valence-electron chi connectivity index (χ4n) is 6.50. The van der Waals surface area contributed by atoms with Gasteiger partial charge in [0.15, 0.2) is 5.78 Å². The number of benzene rings is 1. The van der Waals surface area contributed by atoms with Gasteiger partial charge in [-0.3, -0.25) is 19.2 Å². The van der Waals surface area contributed by atoms with Crippen LogP contribution in [0, 0.1) is 5.92 Å². The molecule has 0 spiro atoms. The van der Waals surface area contributed by atoms with Gasteiger partial charge >= 0.3 is 0 Å². The number of carbonyl (C=O) groups excluding carboxylic acids is 4. The summed E-state index contributed by atoms with van der Waals surface area (Å²) in [4.78, 5) is 58.7. The second kappa shape index (κ2) is 12.1. The number of nitrogens with one attached hydrogen (secondary N) is 1. The van der Waals surface area contributed by atoms with E-state index in [9.17, 15) is 24.3 Å². The van der Waals surface area contributed by atoms with E-state index in [-0.39, 0.29) is 36.0 Å². The van der Waals surface area contributed by atoms with Crippen molar-refractivity contribution in [1.82, 2.24) is 15.1 Å². The number of rotatable bonds is 9. The lowest BCUT2D eigenvalue weighted by atomic mass is 9.83. The first-order chi connectivity index (χ1) is 18.6. The molecule has 39 heavy (non-hydrogen) atoms. The van der Waals surface area contributed by atoms with Gasteiger partial charge in [-0.2, -0.15) is 0 Å². The lowest BCUT2D eigenvalue weighted by Crippen LogP contribution is -2.54. The molecule has 214 valence electrons. The minimum atomic E-state index is -1.42. The Morgan fingerprint density at radius 1 is 1.05 bits per heavy atom. The number of amides is 3. The molecule has 4 rings (SSSR count). The van der Waals surface area contributed by atoms with Gasteiger partial charge < -0.3 is 25.1 Å². The third-order valence-electron chi connectivity index (χ3n) is 8.61. The monoisotopic (exact) mass is 540 g/mol. The Hall–Kier alpha value is -2.94. The van der Waals surface area contributed by atoms with Crippen LogP contribution < -0.4 is 10.2 Å². The van der Waals surface area contributed by atoms with Crippen molar-refractivity contribution in [3.63, 3.8) is 0 Å². The summed E-state index contributed by atoms with van der Waals surface area (Å²) >= 11 is 0. The highest BCUT2D eigenvalue weighted by Gasteiger charge is 2.55. The molecule has 2 saturated heterocycles. The molecule has 3 atom stereocenters. The molecule has 2 aliphatic heterocycles. The lowest BCUT2D eigenvalue weighted by Gasteiger charge is -2.36. The number of Topliss-reactive ketones (excluding diaryl/α,β-unsaturated/α-hetero) is 1. The zero-order valence-corrected chi connectivity index (χ0v) is 23.8. The highest BCUT2D eigenvalue weighted by Crippen LogP contribution is 2.36. The number of hydrogen-bond acceptors (Lipinski definition) is 6. The van der Waals surface area contributed by atoms with E-state index in [0.717, 1.165) is 38.0 Å². The zero-order chi connectivity index (χ0) is 28.3. The molecule has 1 saturated carbocycles. The van der Waals surface area contributed by atoms with E-state index in [2.05, 4.69) is 24.1 Å². The number of nitrogens with zero attached hydrogens (tertiary/aromatic N) is 3. The third kappa shape index (κ3) is 5.98. The number of hydrogen-bond donors (Lipinski definition) is 2. The smallest absolute Gasteiger partial charge is 0.255 e. The van der Waals surface area contributed by atoms with Crippen molar-refractivity contribution in [3.8, 4) is 0 Å².